The van der Waals surface area contributed by atoms with E-state index in [1.165, 1.54) is 18.5 Å². The molecule has 1 saturated carbocycles. The summed E-state index contributed by atoms with van der Waals surface area (Å²) in [6.07, 6.45) is 5.38. The Bertz CT molecular complexity index is 626. The number of amidine groups is 1. The van der Waals surface area contributed by atoms with E-state index in [0.29, 0.717) is 17.3 Å². The number of hydrogen-bond donors (Lipinski definition) is 3. The van der Waals surface area contributed by atoms with Crippen molar-refractivity contribution in [3.8, 4) is 0 Å². The molecule has 1 aliphatic rings. The van der Waals surface area contributed by atoms with E-state index in [2.05, 4.69) is 30.8 Å². The highest BCUT2D eigenvalue weighted by Crippen LogP contribution is 2.31. The van der Waals surface area contributed by atoms with Crippen molar-refractivity contribution in [2.75, 3.05) is 0 Å². The van der Waals surface area contributed by atoms with Gasteiger partial charge in [0, 0.05) is 16.9 Å². The molecule has 4 N–H and O–H groups in total. The van der Waals surface area contributed by atoms with Crippen LogP contribution in [-0.4, -0.2) is 30.0 Å². The summed E-state index contributed by atoms with van der Waals surface area (Å²) in [4.78, 5) is 3.87. The van der Waals surface area contributed by atoms with Gasteiger partial charge in [0.25, 0.3) is 0 Å². The van der Waals surface area contributed by atoms with Crippen molar-refractivity contribution in [1.29, 1.82) is 0 Å². The first-order chi connectivity index (χ1) is 9.39. The van der Waals surface area contributed by atoms with Gasteiger partial charge in [0.1, 0.15) is 4.90 Å². The zero-order chi connectivity index (χ0) is 14.8. The smallest absolute Gasteiger partial charge is 0.243 e. The molecular formula is C11H15BrN4O3S. The predicted octanol–water partition coefficient (Wildman–Crippen LogP) is 1.18. The Hall–Kier alpha value is -1.19. The van der Waals surface area contributed by atoms with Gasteiger partial charge in [-0.15, -0.1) is 0 Å². The third kappa shape index (κ3) is 2.94. The van der Waals surface area contributed by atoms with Gasteiger partial charge in [-0.3, -0.25) is 4.98 Å². The van der Waals surface area contributed by atoms with E-state index in [1.807, 2.05) is 0 Å². The van der Waals surface area contributed by atoms with Crippen LogP contribution in [0.25, 0.3) is 0 Å². The number of rotatable bonds is 4. The standard InChI is InChI=1S/C11H15BrN4O3S/c12-8-5-9(7-14-6-8)20(18,19)16-11(10(13)15-17)3-1-2-4-11/h5-7,16-17H,1-4H2,(H2,13,15). The van der Waals surface area contributed by atoms with Crippen LogP contribution in [-0.2, 0) is 10.0 Å². The summed E-state index contributed by atoms with van der Waals surface area (Å²) in [5.74, 6) is -0.110. The molecule has 0 saturated heterocycles. The minimum atomic E-state index is -3.79. The minimum absolute atomic E-state index is 0.0314. The lowest BCUT2D eigenvalue weighted by Crippen LogP contribution is -2.55. The van der Waals surface area contributed by atoms with Crippen LogP contribution in [0.3, 0.4) is 0 Å². The lowest BCUT2D eigenvalue weighted by atomic mass is 9.98. The largest absolute Gasteiger partial charge is 0.409 e. The number of aromatic nitrogens is 1. The Morgan fingerprint density at radius 3 is 2.65 bits per heavy atom. The highest BCUT2D eigenvalue weighted by atomic mass is 79.9. The number of hydrogen-bond acceptors (Lipinski definition) is 5. The number of sulfonamides is 1. The molecule has 1 heterocycles. The van der Waals surface area contributed by atoms with Crippen molar-refractivity contribution >= 4 is 31.8 Å². The molecule has 0 aromatic carbocycles. The second-order valence-corrected chi connectivity index (χ2v) is 7.32. The first-order valence-corrected chi connectivity index (χ1v) is 8.30. The second-order valence-electron chi connectivity index (χ2n) is 4.72. The molecule has 20 heavy (non-hydrogen) atoms. The van der Waals surface area contributed by atoms with Crippen molar-refractivity contribution in [2.45, 2.75) is 36.1 Å². The topological polar surface area (TPSA) is 118 Å². The Morgan fingerprint density at radius 1 is 1.45 bits per heavy atom. The molecule has 0 aliphatic heterocycles. The van der Waals surface area contributed by atoms with Crippen LogP contribution in [0.5, 0.6) is 0 Å². The molecule has 2 rings (SSSR count). The summed E-state index contributed by atoms with van der Waals surface area (Å²) in [5.41, 5.74) is 4.66. The van der Waals surface area contributed by atoms with Gasteiger partial charge >= 0.3 is 0 Å². The average molecular weight is 363 g/mol. The number of halogens is 1. The first kappa shape index (κ1) is 15.2. The molecule has 9 heteroatoms. The van der Waals surface area contributed by atoms with Crippen LogP contribution in [0, 0.1) is 0 Å². The Labute approximate surface area is 125 Å². The third-order valence-electron chi connectivity index (χ3n) is 3.37. The monoisotopic (exact) mass is 362 g/mol. The predicted molar refractivity (Wildman–Crippen MR) is 76.9 cm³/mol. The molecule has 0 spiro atoms. The Morgan fingerprint density at radius 2 is 2.10 bits per heavy atom. The van der Waals surface area contributed by atoms with Crippen molar-refractivity contribution in [3.05, 3.63) is 22.9 Å². The zero-order valence-corrected chi connectivity index (χ0v) is 13.0. The van der Waals surface area contributed by atoms with Gasteiger partial charge in [-0.2, -0.15) is 4.72 Å². The number of nitrogens with one attached hydrogen (secondary N) is 1. The first-order valence-electron chi connectivity index (χ1n) is 6.02. The number of oxime groups is 1. The molecule has 1 aliphatic carbocycles. The maximum atomic E-state index is 12.4. The highest BCUT2D eigenvalue weighted by molar-refractivity contribution is 9.10. The van der Waals surface area contributed by atoms with Gasteiger partial charge in [-0.05, 0) is 34.8 Å². The van der Waals surface area contributed by atoms with E-state index in [9.17, 15) is 8.42 Å². The van der Waals surface area contributed by atoms with Gasteiger partial charge in [0.15, 0.2) is 5.84 Å². The van der Waals surface area contributed by atoms with Crippen LogP contribution in [0.4, 0.5) is 0 Å². The molecule has 0 amide bonds. The molecule has 1 aromatic rings. The fourth-order valence-corrected chi connectivity index (χ4v) is 4.28. The molecular weight excluding hydrogens is 348 g/mol. The number of nitrogens with zero attached hydrogens (tertiary/aromatic N) is 2. The summed E-state index contributed by atoms with van der Waals surface area (Å²) in [6, 6.07) is 1.45. The van der Waals surface area contributed by atoms with Crippen molar-refractivity contribution < 1.29 is 13.6 Å². The quantitative estimate of drug-likeness (QED) is 0.321. The summed E-state index contributed by atoms with van der Waals surface area (Å²) in [5, 5.41) is 11.9. The van der Waals surface area contributed by atoms with E-state index < -0.39 is 15.6 Å². The van der Waals surface area contributed by atoms with Crippen LogP contribution in [0.1, 0.15) is 25.7 Å². The van der Waals surface area contributed by atoms with E-state index in [4.69, 9.17) is 10.9 Å². The zero-order valence-electron chi connectivity index (χ0n) is 10.6. The van der Waals surface area contributed by atoms with Crippen LogP contribution >= 0.6 is 15.9 Å². The summed E-state index contributed by atoms with van der Waals surface area (Å²) < 4.78 is 27.9. The van der Waals surface area contributed by atoms with Gasteiger partial charge in [-0.1, -0.05) is 18.0 Å². The maximum absolute atomic E-state index is 12.4. The normalized spacial score (nSPS) is 19.1. The molecule has 110 valence electrons. The Balaban J connectivity index is 2.36. The fourth-order valence-electron chi connectivity index (χ4n) is 2.34. The maximum Gasteiger partial charge on any atom is 0.243 e. The van der Waals surface area contributed by atoms with Gasteiger partial charge in [0.05, 0.1) is 5.54 Å². The van der Waals surface area contributed by atoms with Crippen molar-refractivity contribution in [3.63, 3.8) is 0 Å². The molecule has 0 radical (unpaired) electrons. The van der Waals surface area contributed by atoms with Crippen LogP contribution in [0.2, 0.25) is 0 Å². The van der Waals surface area contributed by atoms with E-state index >= 15 is 0 Å². The van der Waals surface area contributed by atoms with E-state index in [-0.39, 0.29) is 10.7 Å². The Kier molecular flexibility index (Phi) is 4.31. The van der Waals surface area contributed by atoms with E-state index in [1.54, 1.807) is 0 Å². The number of pyridine rings is 1. The second kappa shape index (κ2) is 5.66. The molecule has 0 unspecified atom stereocenters. The summed E-state index contributed by atoms with van der Waals surface area (Å²) in [7, 11) is -3.79. The van der Waals surface area contributed by atoms with Gasteiger partial charge in [-0.25, -0.2) is 8.42 Å². The SMILES string of the molecule is NC(=NO)C1(NS(=O)(=O)c2cncc(Br)c2)CCCC1. The average Bonchev–Trinajstić information content (AvgIpc) is 2.87. The minimum Gasteiger partial charge on any atom is -0.409 e. The van der Waals surface area contributed by atoms with Crippen LogP contribution < -0.4 is 10.5 Å². The molecule has 0 bridgehead atoms. The summed E-state index contributed by atoms with van der Waals surface area (Å²) >= 11 is 3.18. The molecule has 0 atom stereocenters. The molecule has 1 aromatic heterocycles. The van der Waals surface area contributed by atoms with E-state index in [0.717, 1.165) is 12.8 Å². The summed E-state index contributed by atoms with van der Waals surface area (Å²) in [6.45, 7) is 0. The fraction of sp³-hybridized carbons (Fsp3) is 0.455. The van der Waals surface area contributed by atoms with Crippen molar-refractivity contribution in [1.82, 2.24) is 9.71 Å². The number of nitrogens with two attached hydrogens (primary N) is 1. The van der Waals surface area contributed by atoms with Gasteiger partial charge < -0.3 is 10.9 Å². The van der Waals surface area contributed by atoms with Gasteiger partial charge in [0.2, 0.25) is 10.0 Å². The van der Waals surface area contributed by atoms with Crippen LogP contribution in [0.15, 0.2) is 33.0 Å². The molecule has 1 fully saturated rings. The third-order valence-corrected chi connectivity index (χ3v) is 5.31. The molecule has 7 nitrogen and oxygen atoms in total. The highest BCUT2D eigenvalue weighted by Gasteiger charge is 2.42. The van der Waals surface area contributed by atoms with Crippen molar-refractivity contribution in [2.24, 2.45) is 10.9 Å². The lowest BCUT2D eigenvalue weighted by molar-refractivity contribution is 0.309. The lowest BCUT2D eigenvalue weighted by Gasteiger charge is -2.28.